The third-order valence-corrected chi connectivity index (χ3v) is 16.3. The van der Waals surface area contributed by atoms with Crippen molar-refractivity contribution >= 4 is 68.3 Å². The zero-order valence-corrected chi connectivity index (χ0v) is 37.6. The van der Waals surface area contributed by atoms with Crippen molar-refractivity contribution in [1.29, 1.82) is 0 Å². The maximum Gasteiger partial charge on any atom is 0.455 e. The van der Waals surface area contributed by atoms with Gasteiger partial charge in [0.25, 0.3) is 11.3 Å². The van der Waals surface area contributed by atoms with Crippen molar-refractivity contribution in [3.63, 3.8) is 0 Å². The number of hydrogen-bond donors (Lipinski definition) is 1. The molecule has 7 aromatic carbocycles. The fourth-order valence-corrected chi connectivity index (χ4v) is 12.1. The van der Waals surface area contributed by atoms with Crippen LogP contribution < -0.4 is 32.1 Å². The Hall–Kier alpha value is -5.24. The molecule has 0 fully saturated rings. The Bertz CT molecular complexity index is 2820. The van der Waals surface area contributed by atoms with E-state index in [1.165, 1.54) is 6.07 Å². The van der Waals surface area contributed by atoms with Crippen LogP contribution in [0.1, 0.15) is 24.2 Å². The van der Waals surface area contributed by atoms with Crippen LogP contribution >= 0.6 is 14.3 Å². The number of ketones is 1. The second kappa shape index (κ2) is 20.8. The van der Waals surface area contributed by atoms with Crippen LogP contribution in [0.2, 0.25) is 0 Å². The Morgan fingerprint density at radius 3 is 1.34 bits per heavy atom. The van der Waals surface area contributed by atoms with Crippen LogP contribution in [0.4, 0.5) is 13.2 Å². The van der Waals surface area contributed by atoms with Crippen LogP contribution in [0, 0.1) is 38.6 Å². The van der Waals surface area contributed by atoms with Gasteiger partial charge >= 0.3 is 6.18 Å². The summed E-state index contributed by atoms with van der Waals surface area (Å²) in [7, 11) is -5.47. The predicted octanol–water partition coefficient (Wildman–Crippen LogP) is 10.5. The van der Waals surface area contributed by atoms with E-state index in [0.29, 0.717) is 10.9 Å². The first kappa shape index (κ1) is 47.8. The molecule has 1 N–H and O–H groups in total. The van der Waals surface area contributed by atoms with E-state index in [0.717, 1.165) is 41.8 Å². The number of rotatable bonds is 8. The van der Waals surface area contributed by atoms with Gasteiger partial charge in [-0.3, -0.25) is 9.59 Å². The summed E-state index contributed by atoms with van der Waals surface area (Å²) >= 11 is 0. The van der Waals surface area contributed by atoms with Crippen molar-refractivity contribution in [3.05, 3.63) is 216 Å². The Balaban J connectivity index is 0.000000177. The summed E-state index contributed by atoms with van der Waals surface area (Å²) in [5.74, 6) is -3.28. The van der Waals surface area contributed by atoms with Gasteiger partial charge in [0, 0.05) is 82.5 Å². The van der Waals surface area contributed by atoms with E-state index in [1.807, 2.05) is 159 Å². The smallest absolute Gasteiger partial charge is 0.455 e. The number of fused-ring (bicyclic) bond motifs is 3. The van der Waals surface area contributed by atoms with E-state index in [-0.39, 0.29) is 50.5 Å². The molecule has 0 aliphatic heterocycles. The van der Waals surface area contributed by atoms with Gasteiger partial charge in [-0.1, -0.05) is 189 Å². The number of aryl methyl sites for hydroxylation is 1. The minimum atomic E-state index is -5.24. The number of carbonyl (C=O) groups is 1. The third kappa shape index (κ3) is 9.85. The average Bonchev–Trinajstić information content (AvgIpc) is 3.30. The maximum absolute atomic E-state index is 13.8. The summed E-state index contributed by atoms with van der Waals surface area (Å²) in [6.07, 6.45) is -5.24. The molecule has 12 heteroatoms. The van der Waals surface area contributed by atoms with E-state index in [4.69, 9.17) is 0 Å². The van der Waals surface area contributed by atoms with Crippen LogP contribution in [-0.2, 0) is 15.7 Å². The second-order valence-electron chi connectivity index (χ2n) is 13.9. The maximum atomic E-state index is 13.8. The van der Waals surface area contributed by atoms with Gasteiger partial charge < -0.3 is 18.8 Å². The molecule has 0 amide bonds. The summed E-state index contributed by atoms with van der Waals surface area (Å²) in [5.41, 5.74) is -2.09. The van der Waals surface area contributed by atoms with E-state index in [2.05, 4.69) is 6.58 Å². The zero-order valence-electron chi connectivity index (χ0n) is 33.7. The molecule has 0 aliphatic carbocycles. The largest absolute Gasteiger partial charge is 0.506 e. The number of nitrogens with zero attached hydrogens (tertiary/aromatic N) is 1. The molecule has 62 heavy (non-hydrogen) atoms. The van der Waals surface area contributed by atoms with Gasteiger partial charge in [-0.05, 0) is 30.6 Å². The van der Waals surface area contributed by atoms with Gasteiger partial charge in [-0.2, -0.15) is 13.2 Å². The van der Waals surface area contributed by atoms with Gasteiger partial charge in [0.05, 0.1) is 5.52 Å². The molecule has 0 aliphatic rings. The number of halogens is 3. The van der Waals surface area contributed by atoms with Crippen molar-refractivity contribution < 1.29 is 70.8 Å². The van der Waals surface area contributed by atoms with Gasteiger partial charge in [-0.25, -0.2) is 0 Å². The normalized spacial score (nSPS) is 11.3. The molecule has 8 rings (SSSR count). The number of hydrogen-bond acceptors (Lipinski definition) is 5. The van der Waals surface area contributed by atoms with Gasteiger partial charge in [0.1, 0.15) is 11.3 Å². The Labute approximate surface area is 389 Å². The quantitative estimate of drug-likeness (QED) is 0.0930. The van der Waals surface area contributed by atoms with Crippen LogP contribution in [0.15, 0.2) is 205 Å². The summed E-state index contributed by atoms with van der Waals surface area (Å²) in [4.78, 5) is 24.0. The molecule has 1 aromatic heterocycles. The summed E-state index contributed by atoms with van der Waals surface area (Å²) in [5, 5.41) is 16.6. The third-order valence-electron chi connectivity index (χ3n) is 10.1. The van der Waals surface area contributed by atoms with Gasteiger partial charge in [-0.15, -0.1) is 0 Å². The van der Waals surface area contributed by atoms with Crippen molar-refractivity contribution in [1.82, 2.24) is 4.57 Å². The minimum absolute atomic E-state index is 0. The van der Waals surface area contributed by atoms with Crippen LogP contribution in [0.25, 0.3) is 21.7 Å². The van der Waals surface area contributed by atoms with Crippen LogP contribution in [-0.4, -0.2) is 21.6 Å². The fraction of sp³-hybridized carbons (Fsp3) is 0.0800. The second-order valence-corrected chi connectivity index (χ2v) is 19.7. The van der Waals surface area contributed by atoms with Gasteiger partial charge in [0.15, 0.2) is 14.3 Å². The molecule has 0 spiro atoms. The Kier molecular flexibility index (Phi) is 16.0. The minimum Gasteiger partial charge on any atom is -0.506 e. The standard InChI is InChI=1S/C18H15OP.C17H12F3NO3.C15H15OP.Tb/c19-20(16-10-4-1-5-11-16,17-12-6-2-7-13-17)18-14-8-3-9-15-18;1-2-21-13-10-6-4-3-5-9(10)7-8-11(13)14(22)12(16(21)24)15(23)17(18,19)20;1-13(2)17(16,14-9-5-3-6-10-14)15-11-7-4-8-12-15;/h1-15H;3-8,22H,2H2,1H3;3-12H,1H2,2H3;. The monoisotopic (exact) mass is 1010 g/mol. The van der Waals surface area contributed by atoms with Crippen molar-refractivity contribution in [2.75, 3.05) is 0 Å². The number of aromatic hydroxyl groups is 1. The van der Waals surface area contributed by atoms with Crippen LogP contribution in [0.5, 0.6) is 5.75 Å². The van der Waals surface area contributed by atoms with E-state index < -0.39 is 43.1 Å². The molecule has 6 nitrogen and oxygen atoms in total. The van der Waals surface area contributed by atoms with Crippen molar-refractivity contribution in [3.8, 4) is 5.75 Å². The van der Waals surface area contributed by atoms with E-state index in [9.17, 15) is 37.0 Å². The molecule has 8 aromatic rings. The predicted molar refractivity (Wildman–Crippen MR) is 244 cm³/mol. The first-order valence-electron chi connectivity index (χ1n) is 19.3. The Morgan fingerprint density at radius 1 is 0.597 bits per heavy atom. The summed E-state index contributed by atoms with van der Waals surface area (Å²) in [6, 6.07) is 58.3. The fourth-order valence-electron chi connectivity index (χ4n) is 7.08. The topological polar surface area (TPSA) is 93.4 Å². The molecular formula is C50H42F3NO5P2Tb. The van der Waals surface area contributed by atoms with Gasteiger partial charge in [0.2, 0.25) is 0 Å². The molecule has 1 heterocycles. The molecule has 0 saturated carbocycles. The first-order chi connectivity index (χ1) is 29.2. The summed E-state index contributed by atoms with van der Waals surface area (Å²) < 4.78 is 66.4. The van der Waals surface area contributed by atoms with Crippen molar-refractivity contribution in [2.24, 2.45) is 0 Å². The number of Topliss-reactive ketones (excluding diaryl/α,β-unsaturated/α-hetero) is 1. The molecule has 317 valence electrons. The van der Waals surface area contributed by atoms with Crippen molar-refractivity contribution in [2.45, 2.75) is 26.6 Å². The number of alkyl halides is 3. The van der Waals surface area contributed by atoms with E-state index >= 15 is 0 Å². The van der Waals surface area contributed by atoms with E-state index in [1.54, 1.807) is 37.3 Å². The number of benzene rings is 7. The van der Waals surface area contributed by atoms with Crippen LogP contribution in [0.3, 0.4) is 0 Å². The zero-order chi connectivity index (χ0) is 43.8. The molecule has 0 atom stereocenters. The number of aromatic nitrogens is 1. The summed E-state index contributed by atoms with van der Waals surface area (Å²) in [6.45, 7) is 7.39. The molecule has 0 saturated heterocycles. The SMILES string of the molecule is C=C(C)P(=O)(c1ccccc1)c1ccccc1.CCn1c(=O)c(C(=O)C(F)(F)F)c(O)c2ccc3ccccc3c21.O=P(c1ccccc1)(c1ccccc1)c1ccccc1.[Tb]. The number of pyridine rings is 1. The molecular weight excluding hydrogens is 972 g/mol. The Morgan fingerprint density at radius 2 is 0.968 bits per heavy atom. The molecule has 0 bridgehead atoms. The number of allylic oxidation sites excluding steroid dienone is 1. The first-order valence-corrected chi connectivity index (χ1v) is 22.7. The number of carbonyl (C=O) groups excluding carboxylic acids is 1. The molecule has 0 unspecified atom stereocenters. The molecule has 1 radical (unpaired) electrons. The average molecular weight is 1010 g/mol.